The van der Waals surface area contributed by atoms with Gasteiger partial charge in [0.25, 0.3) is 0 Å². The fourth-order valence-corrected chi connectivity index (χ4v) is 2.83. The molecule has 2 N–H and O–H groups in total. The molecule has 0 atom stereocenters. The predicted octanol–water partition coefficient (Wildman–Crippen LogP) is 3.25. The third-order valence-corrected chi connectivity index (χ3v) is 4.08. The Morgan fingerprint density at radius 2 is 2.14 bits per heavy atom. The van der Waals surface area contributed by atoms with Gasteiger partial charge in [0.1, 0.15) is 6.61 Å². The van der Waals surface area contributed by atoms with Gasteiger partial charge in [0, 0.05) is 17.7 Å². The molecular formula is C18H23NO2. The number of hydrogen-bond donors (Lipinski definition) is 2. The van der Waals surface area contributed by atoms with Gasteiger partial charge in [0.2, 0.25) is 5.91 Å². The van der Waals surface area contributed by atoms with E-state index in [2.05, 4.69) is 17.2 Å². The Morgan fingerprint density at radius 1 is 1.38 bits per heavy atom. The van der Waals surface area contributed by atoms with Gasteiger partial charge in [-0.2, -0.15) is 0 Å². The second-order valence-corrected chi connectivity index (χ2v) is 5.73. The standard InChI is InChI=1S/C18H23NO2/c1-14-8-10-17(13-16(14)7-4-12-20)19-18(21)11-9-15-5-2-3-6-15/h8,10,13,15,20H,2-3,5-6,9,11-12H2,1H3,(H,19,21). The molecule has 3 nitrogen and oxygen atoms in total. The van der Waals surface area contributed by atoms with E-state index in [0.29, 0.717) is 6.42 Å². The smallest absolute Gasteiger partial charge is 0.224 e. The van der Waals surface area contributed by atoms with Crippen LogP contribution in [0.1, 0.15) is 49.7 Å². The van der Waals surface area contributed by atoms with Gasteiger partial charge in [-0.3, -0.25) is 4.79 Å². The molecule has 3 heteroatoms. The van der Waals surface area contributed by atoms with Gasteiger partial charge in [-0.15, -0.1) is 0 Å². The summed E-state index contributed by atoms with van der Waals surface area (Å²) in [5, 5.41) is 11.7. The highest BCUT2D eigenvalue weighted by Crippen LogP contribution is 2.28. The van der Waals surface area contributed by atoms with Crippen molar-refractivity contribution in [3.05, 3.63) is 29.3 Å². The number of anilines is 1. The van der Waals surface area contributed by atoms with E-state index < -0.39 is 0 Å². The zero-order valence-corrected chi connectivity index (χ0v) is 12.6. The number of amides is 1. The van der Waals surface area contributed by atoms with Crippen LogP contribution < -0.4 is 5.32 Å². The van der Waals surface area contributed by atoms with Crippen LogP contribution in [0.5, 0.6) is 0 Å². The van der Waals surface area contributed by atoms with Gasteiger partial charge in [0.15, 0.2) is 0 Å². The van der Waals surface area contributed by atoms with Crippen LogP contribution >= 0.6 is 0 Å². The van der Waals surface area contributed by atoms with E-state index in [4.69, 9.17) is 5.11 Å². The SMILES string of the molecule is Cc1ccc(NC(=O)CCC2CCCC2)cc1C#CCO. The highest BCUT2D eigenvalue weighted by molar-refractivity contribution is 5.90. The molecule has 0 radical (unpaired) electrons. The van der Waals surface area contributed by atoms with Crippen LogP contribution in [0.3, 0.4) is 0 Å². The Hall–Kier alpha value is -1.79. The van der Waals surface area contributed by atoms with E-state index in [9.17, 15) is 4.79 Å². The predicted molar refractivity (Wildman–Crippen MR) is 85.0 cm³/mol. The van der Waals surface area contributed by atoms with Gasteiger partial charge in [-0.05, 0) is 37.0 Å². The number of benzene rings is 1. The van der Waals surface area contributed by atoms with Gasteiger partial charge in [0.05, 0.1) is 0 Å². The topological polar surface area (TPSA) is 49.3 Å². The lowest BCUT2D eigenvalue weighted by atomic mass is 10.0. The van der Waals surface area contributed by atoms with Crippen LogP contribution in [0.4, 0.5) is 5.69 Å². The summed E-state index contributed by atoms with van der Waals surface area (Å²) in [7, 11) is 0. The third kappa shape index (κ3) is 4.91. The summed E-state index contributed by atoms with van der Waals surface area (Å²) in [6, 6.07) is 5.70. The number of nitrogens with one attached hydrogen (secondary N) is 1. The minimum absolute atomic E-state index is 0.0758. The fraction of sp³-hybridized carbons (Fsp3) is 0.500. The maximum atomic E-state index is 12.0. The molecule has 1 aromatic rings. The Labute approximate surface area is 126 Å². The van der Waals surface area contributed by atoms with Crippen molar-refractivity contribution >= 4 is 11.6 Å². The van der Waals surface area contributed by atoms with Crippen molar-refractivity contribution in [3.63, 3.8) is 0 Å². The molecule has 1 aromatic carbocycles. The second kappa shape index (κ2) is 7.85. The second-order valence-electron chi connectivity index (χ2n) is 5.73. The first-order chi connectivity index (χ1) is 10.2. The van der Waals surface area contributed by atoms with Crippen LogP contribution in [0, 0.1) is 24.7 Å². The minimum atomic E-state index is -0.155. The maximum absolute atomic E-state index is 12.0. The van der Waals surface area contributed by atoms with E-state index in [1.54, 1.807) is 0 Å². The molecule has 0 heterocycles. The van der Waals surface area contributed by atoms with Crippen LogP contribution in [-0.2, 0) is 4.79 Å². The number of carbonyl (C=O) groups is 1. The Kier molecular flexibility index (Phi) is 5.83. The molecule has 1 fully saturated rings. The molecule has 0 saturated heterocycles. The van der Waals surface area contributed by atoms with E-state index in [-0.39, 0.29) is 12.5 Å². The summed E-state index contributed by atoms with van der Waals surface area (Å²) >= 11 is 0. The summed E-state index contributed by atoms with van der Waals surface area (Å²) in [4.78, 5) is 12.0. The van der Waals surface area contributed by atoms with Crippen molar-refractivity contribution in [1.82, 2.24) is 0 Å². The molecule has 0 aromatic heterocycles. The zero-order chi connectivity index (χ0) is 15.1. The van der Waals surface area contributed by atoms with Crippen LogP contribution in [0.25, 0.3) is 0 Å². The third-order valence-electron chi connectivity index (χ3n) is 4.08. The first-order valence-electron chi connectivity index (χ1n) is 7.69. The summed E-state index contributed by atoms with van der Waals surface area (Å²) in [5.74, 6) is 6.35. The number of rotatable bonds is 4. The number of aryl methyl sites for hydroxylation is 1. The average Bonchev–Trinajstić information content (AvgIpc) is 2.99. The van der Waals surface area contributed by atoms with Crippen molar-refractivity contribution in [2.45, 2.75) is 45.4 Å². The Morgan fingerprint density at radius 3 is 2.86 bits per heavy atom. The lowest BCUT2D eigenvalue weighted by molar-refractivity contribution is -0.116. The lowest BCUT2D eigenvalue weighted by Gasteiger charge is -2.10. The van der Waals surface area contributed by atoms with E-state index in [1.807, 2.05) is 25.1 Å². The van der Waals surface area contributed by atoms with Crippen molar-refractivity contribution < 1.29 is 9.90 Å². The highest BCUT2D eigenvalue weighted by atomic mass is 16.2. The van der Waals surface area contributed by atoms with Gasteiger partial charge in [-0.1, -0.05) is 43.6 Å². The first kappa shape index (κ1) is 15.6. The number of aliphatic hydroxyl groups is 1. The van der Waals surface area contributed by atoms with Crippen LogP contribution in [0.15, 0.2) is 18.2 Å². The highest BCUT2D eigenvalue weighted by Gasteiger charge is 2.16. The molecule has 2 rings (SSSR count). The quantitative estimate of drug-likeness (QED) is 0.834. The van der Waals surface area contributed by atoms with Crippen molar-refractivity contribution in [2.75, 3.05) is 11.9 Å². The maximum Gasteiger partial charge on any atom is 0.224 e. The molecule has 1 amide bonds. The van der Waals surface area contributed by atoms with Gasteiger partial charge < -0.3 is 10.4 Å². The molecule has 112 valence electrons. The molecule has 0 aliphatic heterocycles. The molecule has 1 saturated carbocycles. The van der Waals surface area contributed by atoms with Gasteiger partial charge in [-0.25, -0.2) is 0 Å². The van der Waals surface area contributed by atoms with E-state index >= 15 is 0 Å². The monoisotopic (exact) mass is 285 g/mol. The molecule has 21 heavy (non-hydrogen) atoms. The Balaban J connectivity index is 1.90. The lowest BCUT2D eigenvalue weighted by Crippen LogP contribution is -2.12. The van der Waals surface area contributed by atoms with Crippen molar-refractivity contribution in [3.8, 4) is 11.8 Å². The zero-order valence-electron chi connectivity index (χ0n) is 12.6. The van der Waals surface area contributed by atoms with Crippen LogP contribution in [-0.4, -0.2) is 17.6 Å². The summed E-state index contributed by atoms with van der Waals surface area (Å²) < 4.78 is 0. The fourth-order valence-electron chi connectivity index (χ4n) is 2.83. The number of aliphatic hydroxyl groups excluding tert-OH is 1. The summed E-state index contributed by atoms with van der Waals surface area (Å²) in [6.07, 6.45) is 6.77. The molecular weight excluding hydrogens is 262 g/mol. The minimum Gasteiger partial charge on any atom is -0.384 e. The molecule has 1 aliphatic carbocycles. The molecule has 1 aliphatic rings. The van der Waals surface area contributed by atoms with E-state index in [0.717, 1.165) is 29.2 Å². The number of hydrogen-bond acceptors (Lipinski definition) is 2. The molecule has 0 bridgehead atoms. The van der Waals surface area contributed by atoms with Gasteiger partial charge >= 0.3 is 0 Å². The van der Waals surface area contributed by atoms with E-state index in [1.165, 1.54) is 25.7 Å². The van der Waals surface area contributed by atoms with Crippen LogP contribution in [0.2, 0.25) is 0 Å². The number of carbonyl (C=O) groups excluding carboxylic acids is 1. The largest absolute Gasteiger partial charge is 0.384 e. The Bertz CT molecular complexity index is 548. The first-order valence-corrected chi connectivity index (χ1v) is 7.69. The van der Waals surface area contributed by atoms with Crippen molar-refractivity contribution in [1.29, 1.82) is 0 Å². The van der Waals surface area contributed by atoms with Crippen molar-refractivity contribution in [2.24, 2.45) is 5.92 Å². The average molecular weight is 285 g/mol. The summed E-state index contributed by atoms with van der Waals surface area (Å²) in [6.45, 7) is 1.81. The normalized spacial score (nSPS) is 14.6. The summed E-state index contributed by atoms with van der Waals surface area (Å²) in [5.41, 5.74) is 2.66. The molecule has 0 unspecified atom stereocenters. The molecule has 0 spiro atoms.